The molecule has 5 aromatic rings. The minimum Gasteiger partial charge on any atom is -0.426 e. The molecule has 0 aliphatic carbocycles. The maximum Gasteiger partial charge on any atom is 0.434 e. The molecule has 36 heavy (non-hydrogen) atoms. The lowest BCUT2D eigenvalue weighted by atomic mass is 10.1. The second-order valence-corrected chi connectivity index (χ2v) is 8.78. The molecule has 0 atom stereocenters. The van der Waals surface area contributed by atoms with E-state index in [1.807, 2.05) is 25.1 Å². The summed E-state index contributed by atoms with van der Waals surface area (Å²) in [5.41, 5.74) is 5.31. The third-order valence-electron chi connectivity index (χ3n) is 6.01. The molecule has 2 aromatic carbocycles. The lowest BCUT2D eigenvalue weighted by Gasteiger charge is -2.28. The number of hydrogen-bond acceptors (Lipinski definition) is 8. The third kappa shape index (κ3) is 4.32. The van der Waals surface area contributed by atoms with Crippen LogP contribution in [-0.2, 0) is 4.74 Å². The fraction of sp³-hybridized carbons (Fsp3) is 0.200. The van der Waals surface area contributed by atoms with E-state index < -0.39 is 5.76 Å². The van der Waals surface area contributed by atoms with Gasteiger partial charge in [0, 0.05) is 29.9 Å². The van der Waals surface area contributed by atoms with Crippen LogP contribution in [0.3, 0.4) is 0 Å². The topological polar surface area (TPSA) is 122 Å². The van der Waals surface area contributed by atoms with Crippen LogP contribution < -0.4 is 15.4 Å². The first-order valence-corrected chi connectivity index (χ1v) is 11.7. The molecule has 10 nitrogen and oxygen atoms in total. The van der Waals surface area contributed by atoms with Gasteiger partial charge >= 0.3 is 11.8 Å². The molecule has 1 fully saturated rings. The molecule has 0 spiro atoms. The van der Waals surface area contributed by atoms with Crippen molar-refractivity contribution in [2.75, 3.05) is 31.2 Å². The number of hydrogen-bond donors (Lipinski definition) is 2. The third-order valence-corrected chi connectivity index (χ3v) is 6.30. The van der Waals surface area contributed by atoms with Crippen LogP contribution in [0.15, 0.2) is 57.7 Å². The van der Waals surface area contributed by atoms with E-state index in [4.69, 9.17) is 25.5 Å². The highest BCUT2D eigenvalue weighted by molar-refractivity contribution is 6.33. The number of imidazole rings is 1. The number of halogens is 1. The second-order valence-electron chi connectivity index (χ2n) is 8.38. The van der Waals surface area contributed by atoms with Gasteiger partial charge in [0.2, 0.25) is 5.89 Å². The maximum atomic E-state index is 11.3. The molecule has 0 unspecified atom stereocenters. The van der Waals surface area contributed by atoms with Crippen LogP contribution >= 0.6 is 11.6 Å². The second kappa shape index (κ2) is 9.14. The van der Waals surface area contributed by atoms with Crippen molar-refractivity contribution < 1.29 is 13.9 Å². The monoisotopic (exact) mass is 504 g/mol. The quantitative estimate of drug-likeness (QED) is 0.357. The molecule has 4 heterocycles. The molecule has 0 saturated carbocycles. The van der Waals surface area contributed by atoms with Gasteiger partial charge in [-0.3, -0.25) is 0 Å². The van der Waals surface area contributed by atoms with Crippen molar-refractivity contribution in [3.05, 3.63) is 69.7 Å². The van der Waals surface area contributed by atoms with Crippen LogP contribution in [0.4, 0.5) is 5.69 Å². The fourth-order valence-electron chi connectivity index (χ4n) is 4.15. The van der Waals surface area contributed by atoms with Crippen LogP contribution in [-0.4, -0.2) is 51.5 Å². The Labute approximate surface area is 209 Å². The van der Waals surface area contributed by atoms with E-state index in [0.29, 0.717) is 33.2 Å². The maximum absolute atomic E-state index is 11.3. The first kappa shape index (κ1) is 22.3. The van der Waals surface area contributed by atoms with Gasteiger partial charge in [0.1, 0.15) is 5.75 Å². The summed E-state index contributed by atoms with van der Waals surface area (Å²) in [5.74, 6) is 0.0538. The predicted octanol–water partition coefficient (Wildman–Crippen LogP) is 4.56. The number of nitrogens with zero attached hydrogens (tertiary/aromatic N) is 4. The SMILES string of the molecule is Cc1ccc(Oc2nc3nc(-c4ccc(N5CCOCC5)cc4)c(Cl)cc3[nH]2)cc1-c1n[nH]c(=O)o1. The van der Waals surface area contributed by atoms with Crippen molar-refractivity contribution in [1.29, 1.82) is 0 Å². The summed E-state index contributed by atoms with van der Waals surface area (Å²) in [4.78, 5) is 25.9. The van der Waals surface area contributed by atoms with Crippen LogP contribution in [0, 0.1) is 6.92 Å². The van der Waals surface area contributed by atoms with E-state index in [1.54, 1.807) is 18.2 Å². The van der Waals surface area contributed by atoms with Crippen LogP contribution in [0.25, 0.3) is 33.9 Å². The van der Waals surface area contributed by atoms with Crippen LogP contribution in [0.5, 0.6) is 11.8 Å². The highest BCUT2D eigenvalue weighted by Gasteiger charge is 2.16. The van der Waals surface area contributed by atoms with E-state index in [-0.39, 0.29) is 11.9 Å². The van der Waals surface area contributed by atoms with Crippen molar-refractivity contribution in [2.45, 2.75) is 6.92 Å². The number of rotatable bonds is 5. The van der Waals surface area contributed by atoms with Gasteiger partial charge in [0.15, 0.2) is 5.65 Å². The Kier molecular flexibility index (Phi) is 5.67. The summed E-state index contributed by atoms with van der Waals surface area (Å²) in [6.07, 6.45) is 0. The molecular formula is C25H21ClN6O4. The van der Waals surface area contributed by atoms with Gasteiger partial charge in [-0.25, -0.2) is 14.9 Å². The first-order valence-electron chi connectivity index (χ1n) is 11.4. The van der Waals surface area contributed by atoms with E-state index in [9.17, 15) is 4.79 Å². The van der Waals surface area contributed by atoms with Crippen molar-refractivity contribution in [3.8, 4) is 34.5 Å². The molecule has 11 heteroatoms. The van der Waals surface area contributed by atoms with E-state index >= 15 is 0 Å². The van der Waals surface area contributed by atoms with Gasteiger partial charge in [0.25, 0.3) is 0 Å². The predicted molar refractivity (Wildman–Crippen MR) is 135 cm³/mol. The average molecular weight is 505 g/mol. The van der Waals surface area contributed by atoms with Crippen molar-refractivity contribution >= 4 is 28.5 Å². The first-order chi connectivity index (χ1) is 17.5. The lowest BCUT2D eigenvalue weighted by Crippen LogP contribution is -2.36. The molecule has 0 amide bonds. The molecule has 2 N–H and O–H groups in total. The minimum atomic E-state index is -0.623. The Morgan fingerprint density at radius 3 is 2.61 bits per heavy atom. The number of morpholine rings is 1. The molecule has 1 saturated heterocycles. The lowest BCUT2D eigenvalue weighted by molar-refractivity contribution is 0.122. The number of anilines is 1. The normalized spacial score (nSPS) is 13.9. The summed E-state index contributed by atoms with van der Waals surface area (Å²) in [5, 5.41) is 6.66. The van der Waals surface area contributed by atoms with Crippen molar-refractivity contribution in [2.24, 2.45) is 0 Å². The van der Waals surface area contributed by atoms with Crippen LogP contribution in [0.2, 0.25) is 5.02 Å². The van der Waals surface area contributed by atoms with E-state index in [2.05, 4.69) is 42.2 Å². The highest BCUT2D eigenvalue weighted by Crippen LogP contribution is 2.32. The van der Waals surface area contributed by atoms with Crippen molar-refractivity contribution in [1.82, 2.24) is 25.1 Å². The average Bonchev–Trinajstić information content (AvgIpc) is 3.50. The molecule has 0 bridgehead atoms. The van der Waals surface area contributed by atoms with Gasteiger partial charge < -0.3 is 23.8 Å². The van der Waals surface area contributed by atoms with Crippen molar-refractivity contribution in [3.63, 3.8) is 0 Å². The van der Waals surface area contributed by atoms with E-state index in [1.165, 1.54) is 0 Å². The Morgan fingerprint density at radius 2 is 1.86 bits per heavy atom. The Hall–Kier alpha value is -4.15. The minimum absolute atomic E-state index is 0.185. The number of nitrogens with one attached hydrogen (secondary N) is 2. The largest absolute Gasteiger partial charge is 0.434 e. The standard InChI is InChI=1S/C25H21ClN6O4/c1-14-2-7-17(12-18(14)23-30-31-25(33)36-23)35-24-27-20-13-19(26)21(28-22(20)29-24)15-3-5-16(6-4-15)32-8-10-34-11-9-32/h2-7,12-13H,8-11H2,1H3,(H,31,33)(H,27,28,29). The number of aryl methyl sites for hydroxylation is 1. The summed E-state index contributed by atoms with van der Waals surface area (Å²) >= 11 is 6.58. The Bertz CT molecular complexity index is 1600. The fourth-order valence-corrected chi connectivity index (χ4v) is 4.41. The smallest absolute Gasteiger partial charge is 0.426 e. The Balaban J connectivity index is 1.27. The number of benzene rings is 2. The van der Waals surface area contributed by atoms with Gasteiger partial charge in [-0.05, 0) is 42.8 Å². The number of pyridine rings is 1. The summed E-state index contributed by atoms with van der Waals surface area (Å²) in [6, 6.07) is 15.6. The zero-order valence-electron chi connectivity index (χ0n) is 19.2. The van der Waals surface area contributed by atoms with Gasteiger partial charge in [-0.1, -0.05) is 29.8 Å². The zero-order chi connectivity index (χ0) is 24.6. The van der Waals surface area contributed by atoms with Gasteiger partial charge in [0.05, 0.1) is 29.4 Å². The summed E-state index contributed by atoms with van der Waals surface area (Å²) in [7, 11) is 0. The summed E-state index contributed by atoms with van der Waals surface area (Å²) in [6.45, 7) is 5.10. The molecule has 0 radical (unpaired) electrons. The van der Waals surface area contributed by atoms with Gasteiger partial charge in [-0.2, -0.15) is 4.98 Å². The number of ether oxygens (including phenoxy) is 2. The zero-order valence-corrected chi connectivity index (χ0v) is 20.0. The number of H-pyrrole nitrogens is 2. The van der Waals surface area contributed by atoms with Crippen LogP contribution in [0.1, 0.15) is 5.56 Å². The number of fused-ring (bicyclic) bond motifs is 1. The molecule has 3 aromatic heterocycles. The number of aromatic amines is 2. The molecule has 182 valence electrons. The number of aromatic nitrogens is 5. The van der Waals surface area contributed by atoms with E-state index in [0.717, 1.165) is 43.1 Å². The Morgan fingerprint density at radius 1 is 1.06 bits per heavy atom. The summed E-state index contributed by atoms with van der Waals surface area (Å²) < 4.78 is 16.4. The van der Waals surface area contributed by atoms with Gasteiger partial charge in [-0.15, -0.1) is 5.10 Å². The molecular weight excluding hydrogens is 484 g/mol. The highest BCUT2D eigenvalue weighted by atomic mass is 35.5. The molecule has 1 aliphatic rings. The molecule has 6 rings (SSSR count). The molecule has 1 aliphatic heterocycles.